The SMILES string of the molecule is O=C(O)CCCc1nnc(C2CCCS2)o1. The maximum absolute atomic E-state index is 10.3. The Morgan fingerprint density at radius 3 is 3.12 bits per heavy atom. The van der Waals surface area contributed by atoms with Crippen LogP contribution in [0.25, 0.3) is 0 Å². The molecule has 1 saturated heterocycles. The molecule has 0 amide bonds. The second-order valence-electron chi connectivity index (χ2n) is 3.78. The Hall–Kier alpha value is -1.04. The van der Waals surface area contributed by atoms with E-state index < -0.39 is 5.97 Å². The summed E-state index contributed by atoms with van der Waals surface area (Å²) >= 11 is 1.85. The minimum absolute atomic E-state index is 0.149. The number of thioether (sulfide) groups is 1. The topological polar surface area (TPSA) is 76.2 Å². The van der Waals surface area contributed by atoms with E-state index in [0.29, 0.717) is 29.9 Å². The summed E-state index contributed by atoms with van der Waals surface area (Å²) < 4.78 is 5.51. The Morgan fingerprint density at radius 1 is 1.56 bits per heavy atom. The van der Waals surface area contributed by atoms with Gasteiger partial charge in [0, 0.05) is 12.8 Å². The van der Waals surface area contributed by atoms with E-state index >= 15 is 0 Å². The number of nitrogens with zero attached hydrogens (tertiary/aromatic N) is 2. The maximum Gasteiger partial charge on any atom is 0.303 e. The minimum Gasteiger partial charge on any atom is -0.481 e. The summed E-state index contributed by atoms with van der Waals surface area (Å²) in [5.41, 5.74) is 0. The van der Waals surface area contributed by atoms with E-state index in [2.05, 4.69) is 10.2 Å². The Balaban J connectivity index is 1.84. The van der Waals surface area contributed by atoms with Crippen LogP contribution in [0, 0.1) is 0 Å². The van der Waals surface area contributed by atoms with Crippen molar-refractivity contribution < 1.29 is 14.3 Å². The molecule has 0 aliphatic carbocycles. The molecule has 2 heterocycles. The van der Waals surface area contributed by atoms with Crippen LogP contribution in [-0.4, -0.2) is 27.0 Å². The van der Waals surface area contributed by atoms with Crippen LogP contribution in [0.15, 0.2) is 4.42 Å². The fourth-order valence-corrected chi connectivity index (χ4v) is 2.85. The fraction of sp³-hybridized carbons (Fsp3) is 0.700. The average Bonchev–Trinajstić information content (AvgIpc) is 2.85. The second kappa shape index (κ2) is 5.34. The van der Waals surface area contributed by atoms with Crippen molar-refractivity contribution >= 4 is 17.7 Å². The van der Waals surface area contributed by atoms with Gasteiger partial charge in [0.15, 0.2) is 0 Å². The van der Waals surface area contributed by atoms with Crippen LogP contribution in [0.5, 0.6) is 0 Å². The highest BCUT2D eigenvalue weighted by Crippen LogP contribution is 2.38. The van der Waals surface area contributed by atoms with Crippen molar-refractivity contribution in [2.75, 3.05) is 5.75 Å². The summed E-state index contributed by atoms with van der Waals surface area (Å²) in [4.78, 5) is 10.3. The normalized spacial score (nSPS) is 20.1. The third-order valence-electron chi connectivity index (χ3n) is 2.47. The molecule has 1 unspecified atom stereocenters. The van der Waals surface area contributed by atoms with Crippen LogP contribution >= 0.6 is 11.8 Å². The lowest BCUT2D eigenvalue weighted by molar-refractivity contribution is -0.137. The summed E-state index contributed by atoms with van der Waals surface area (Å²) in [6, 6.07) is 0. The van der Waals surface area contributed by atoms with Gasteiger partial charge >= 0.3 is 5.97 Å². The highest BCUT2D eigenvalue weighted by Gasteiger charge is 2.23. The van der Waals surface area contributed by atoms with Crippen molar-refractivity contribution in [2.45, 2.75) is 37.4 Å². The Morgan fingerprint density at radius 2 is 2.44 bits per heavy atom. The van der Waals surface area contributed by atoms with Crippen molar-refractivity contribution in [1.82, 2.24) is 10.2 Å². The zero-order chi connectivity index (χ0) is 11.4. The molecule has 6 heteroatoms. The zero-order valence-electron chi connectivity index (χ0n) is 8.89. The Bertz CT molecular complexity index is 361. The van der Waals surface area contributed by atoms with Crippen molar-refractivity contribution in [3.8, 4) is 0 Å². The standard InChI is InChI=1S/C10H14N2O3S/c13-9(14)5-1-4-8-11-12-10(15-8)7-3-2-6-16-7/h7H,1-6H2,(H,13,14). The van der Waals surface area contributed by atoms with Gasteiger partial charge in [-0.05, 0) is 25.0 Å². The molecule has 1 atom stereocenters. The largest absolute Gasteiger partial charge is 0.481 e. The third-order valence-corrected chi connectivity index (χ3v) is 3.83. The van der Waals surface area contributed by atoms with Gasteiger partial charge in [0.2, 0.25) is 11.8 Å². The third kappa shape index (κ3) is 2.98. The van der Waals surface area contributed by atoms with E-state index in [-0.39, 0.29) is 6.42 Å². The second-order valence-corrected chi connectivity index (χ2v) is 5.09. The average molecular weight is 242 g/mol. The van der Waals surface area contributed by atoms with Gasteiger partial charge in [-0.25, -0.2) is 0 Å². The smallest absolute Gasteiger partial charge is 0.303 e. The van der Waals surface area contributed by atoms with Gasteiger partial charge in [-0.2, -0.15) is 0 Å². The first-order chi connectivity index (χ1) is 7.75. The van der Waals surface area contributed by atoms with E-state index in [1.165, 1.54) is 6.42 Å². The van der Waals surface area contributed by atoms with Crippen LogP contribution in [0.2, 0.25) is 0 Å². The molecule has 1 aliphatic heterocycles. The van der Waals surface area contributed by atoms with Crippen molar-refractivity contribution in [3.63, 3.8) is 0 Å². The van der Waals surface area contributed by atoms with Crippen LogP contribution in [0.4, 0.5) is 0 Å². The van der Waals surface area contributed by atoms with E-state index in [1.807, 2.05) is 11.8 Å². The molecule has 5 nitrogen and oxygen atoms in total. The lowest BCUT2D eigenvalue weighted by atomic mass is 10.2. The molecule has 0 saturated carbocycles. The molecule has 1 N–H and O–H groups in total. The van der Waals surface area contributed by atoms with Crippen molar-refractivity contribution in [1.29, 1.82) is 0 Å². The molecular formula is C10H14N2O3S. The number of hydrogen-bond acceptors (Lipinski definition) is 5. The summed E-state index contributed by atoms with van der Waals surface area (Å²) in [5.74, 6) is 1.63. The summed E-state index contributed by atoms with van der Waals surface area (Å²) in [6.45, 7) is 0. The van der Waals surface area contributed by atoms with Gasteiger partial charge < -0.3 is 9.52 Å². The highest BCUT2D eigenvalue weighted by atomic mass is 32.2. The van der Waals surface area contributed by atoms with Crippen molar-refractivity contribution in [2.24, 2.45) is 0 Å². The van der Waals surface area contributed by atoms with E-state index in [1.54, 1.807) is 0 Å². The molecule has 88 valence electrons. The number of aromatic nitrogens is 2. The maximum atomic E-state index is 10.3. The monoisotopic (exact) mass is 242 g/mol. The van der Waals surface area contributed by atoms with Gasteiger partial charge in [-0.1, -0.05) is 0 Å². The predicted octanol–water partition coefficient (Wildman–Crippen LogP) is 2.04. The first kappa shape index (κ1) is 11.4. The molecular weight excluding hydrogens is 228 g/mol. The van der Waals surface area contributed by atoms with Crippen LogP contribution in [0.1, 0.15) is 42.7 Å². The molecule has 0 aromatic carbocycles. The first-order valence-electron chi connectivity index (χ1n) is 5.41. The number of aryl methyl sites for hydroxylation is 1. The molecule has 1 fully saturated rings. The number of hydrogen-bond donors (Lipinski definition) is 1. The van der Waals surface area contributed by atoms with Crippen LogP contribution in [-0.2, 0) is 11.2 Å². The quantitative estimate of drug-likeness (QED) is 0.851. The molecule has 0 bridgehead atoms. The Kier molecular flexibility index (Phi) is 3.82. The summed E-state index contributed by atoms with van der Waals surface area (Å²) in [7, 11) is 0. The lowest BCUT2D eigenvalue weighted by Crippen LogP contribution is -1.95. The number of carboxylic acid groups (broad SMARTS) is 1. The van der Waals surface area contributed by atoms with E-state index in [0.717, 1.165) is 12.2 Å². The minimum atomic E-state index is -0.786. The molecule has 1 aromatic heterocycles. The molecule has 16 heavy (non-hydrogen) atoms. The first-order valence-corrected chi connectivity index (χ1v) is 6.46. The molecule has 0 spiro atoms. The number of rotatable bonds is 5. The van der Waals surface area contributed by atoms with E-state index in [9.17, 15) is 4.79 Å². The van der Waals surface area contributed by atoms with Crippen molar-refractivity contribution in [3.05, 3.63) is 11.8 Å². The van der Waals surface area contributed by atoms with Gasteiger partial charge in [-0.3, -0.25) is 4.79 Å². The van der Waals surface area contributed by atoms with Crippen LogP contribution < -0.4 is 0 Å². The van der Waals surface area contributed by atoms with Gasteiger partial charge in [0.25, 0.3) is 0 Å². The number of carboxylic acids is 1. The summed E-state index contributed by atoms with van der Waals surface area (Å²) in [5, 5.41) is 16.8. The zero-order valence-corrected chi connectivity index (χ0v) is 9.70. The van der Waals surface area contributed by atoms with Gasteiger partial charge in [0.1, 0.15) is 0 Å². The highest BCUT2D eigenvalue weighted by molar-refractivity contribution is 7.99. The molecule has 0 radical (unpaired) electrons. The Labute approximate surface area is 97.6 Å². The van der Waals surface area contributed by atoms with Gasteiger partial charge in [0.05, 0.1) is 5.25 Å². The number of carbonyl (C=O) groups is 1. The van der Waals surface area contributed by atoms with Crippen LogP contribution in [0.3, 0.4) is 0 Å². The summed E-state index contributed by atoms with van der Waals surface area (Å²) in [6.07, 6.45) is 3.55. The van der Waals surface area contributed by atoms with Gasteiger partial charge in [-0.15, -0.1) is 22.0 Å². The molecule has 1 aliphatic rings. The van der Waals surface area contributed by atoms with E-state index in [4.69, 9.17) is 9.52 Å². The fourth-order valence-electron chi connectivity index (χ4n) is 1.66. The number of aliphatic carboxylic acids is 1. The predicted molar refractivity (Wildman–Crippen MR) is 59.3 cm³/mol. The molecule has 1 aromatic rings. The molecule has 2 rings (SSSR count). The lowest BCUT2D eigenvalue weighted by Gasteiger charge is -1.99.